The molecular weight excluding hydrogens is 501 g/mol. The van der Waals surface area contributed by atoms with E-state index in [1.165, 1.54) is 0 Å². The Labute approximate surface area is 230 Å². The highest BCUT2D eigenvalue weighted by atomic mass is 19.2. The molecule has 0 saturated carbocycles. The summed E-state index contributed by atoms with van der Waals surface area (Å²) >= 11 is 0. The largest absolute Gasteiger partial charge is 0.674 e. The number of amides is 2. The number of nitrogens with zero attached hydrogens (tertiary/aromatic N) is 2. The van der Waals surface area contributed by atoms with Crippen LogP contribution in [-0.2, 0) is 9.59 Å². The molecule has 2 amide bonds. The SMILES string of the molecule is COc1ccc(C2C(CCC(=O)NCCCCCC(=O)N(C)C)=CC(=Cc3[nH]c(C)cc3C)N2B(F)F)cc1. The number of aromatic nitrogens is 1. The van der Waals surface area contributed by atoms with Crippen molar-refractivity contribution in [2.75, 3.05) is 27.7 Å². The van der Waals surface area contributed by atoms with Crippen LogP contribution in [0.15, 0.2) is 47.7 Å². The fraction of sp³-hybridized carbons (Fsp3) is 0.448. The number of aromatic amines is 1. The molecule has 2 heterocycles. The number of halogens is 2. The summed E-state index contributed by atoms with van der Waals surface area (Å²) < 4.78 is 34.3. The maximum Gasteiger partial charge on any atom is 0.674 e. The molecule has 0 radical (unpaired) electrons. The molecule has 0 saturated heterocycles. The Balaban J connectivity index is 1.71. The lowest BCUT2D eigenvalue weighted by Crippen LogP contribution is -2.33. The number of nitrogens with one attached hydrogen (secondary N) is 2. The van der Waals surface area contributed by atoms with Crippen LogP contribution in [0.5, 0.6) is 5.75 Å². The summed E-state index contributed by atoms with van der Waals surface area (Å²) in [6.45, 7) is 4.39. The summed E-state index contributed by atoms with van der Waals surface area (Å²) in [5.74, 6) is 0.623. The number of H-pyrrole nitrogens is 1. The first-order valence-corrected chi connectivity index (χ1v) is 13.4. The lowest BCUT2D eigenvalue weighted by atomic mass is 9.93. The molecule has 0 aliphatic carbocycles. The number of hydrogen-bond donors (Lipinski definition) is 2. The predicted molar refractivity (Wildman–Crippen MR) is 151 cm³/mol. The fourth-order valence-corrected chi connectivity index (χ4v) is 4.81. The van der Waals surface area contributed by atoms with Crippen LogP contribution in [0, 0.1) is 13.8 Å². The number of hydrogen-bond acceptors (Lipinski definition) is 4. The van der Waals surface area contributed by atoms with Gasteiger partial charge in [-0.25, -0.2) is 0 Å². The average Bonchev–Trinajstić information content (AvgIpc) is 3.42. The van der Waals surface area contributed by atoms with Gasteiger partial charge in [0.2, 0.25) is 11.8 Å². The second-order valence-electron chi connectivity index (χ2n) is 10.1. The van der Waals surface area contributed by atoms with E-state index in [1.807, 2.05) is 19.9 Å². The molecule has 1 aliphatic rings. The van der Waals surface area contributed by atoms with E-state index >= 15 is 0 Å². The van der Waals surface area contributed by atoms with E-state index in [4.69, 9.17) is 4.74 Å². The Morgan fingerprint density at radius 2 is 1.85 bits per heavy atom. The van der Waals surface area contributed by atoms with E-state index < -0.39 is 13.4 Å². The van der Waals surface area contributed by atoms with Crippen LogP contribution < -0.4 is 10.1 Å². The van der Waals surface area contributed by atoms with E-state index in [0.29, 0.717) is 36.4 Å². The van der Waals surface area contributed by atoms with Crippen LogP contribution in [-0.4, -0.2) is 61.7 Å². The van der Waals surface area contributed by atoms with Gasteiger partial charge >= 0.3 is 7.40 Å². The van der Waals surface area contributed by atoms with Crippen molar-refractivity contribution in [3.63, 3.8) is 0 Å². The summed E-state index contributed by atoms with van der Waals surface area (Å²) in [4.78, 5) is 30.2. The molecule has 0 bridgehead atoms. The second-order valence-corrected chi connectivity index (χ2v) is 10.1. The summed E-state index contributed by atoms with van der Waals surface area (Å²) in [5.41, 5.74) is 4.57. The van der Waals surface area contributed by atoms with Crippen molar-refractivity contribution in [1.82, 2.24) is 20.0 Å². The zero-order valence-corrected chi connectivity index (χ0v) is 23.5. The summed E-state index contributed by atoms with van der Waals surface area (Å²) in [6, 6.07) is 8.39. The third-order valence-electron chi connectivity index (χ3n) is 6.91. The maximum absolute atomic E-state index is 14.5. The number of carbonyl (C=O) groups excluding carboxylic acids is 2. The van der Waals surface area contributed by atoms with Crippen molar-refractivity contribution >= 4 is 25.3 Å². The van der Waals surface area contributed by atoms with E-state index in [1.54, 1.807) is 62.5 Å². The number of ether oxygens (including phenoxy) is 1. The van der Waals surface area contributed by atoms with Crippen LogP contribution in [0.2, 0.25) is 0 Å². The summed E-state index contributed by atoms with van der Waals surface area (Å²) in [7, 11) is 2.30. The summed E-state index contributed by atoms with van der Waals surface area (Å²) in [5, 5.41) is 2.92. The minimum Gasteiger partial charge on any atom is -0.497 e. The molecule has 10 heteroatoms. The van der Waals surface area contributed by atoms with Crippen molar-refractivity contribution in [3.05, 3.63) is 70.2 Å². The van der Waals surface area contributed by atoms with Gasteiger partial charge < -0.3 is 24.7 Å². The third-order valence-corrected chi connectivity index (χ3v) is 6.91. The standard InChI is InChI=1S/C29H39BF2N4O3/c1-20-17-21(2)34-26(20)19-24-18-23(12-15-27(37)33-16-8-6-7-9-28(38)35(3)4)29(36(24)30(31)32)22-10-13-25(39-5)14-11-22/h10-11,13-14,17-19,29,34H,6-9,12,15-16H2,1-5H3,(H,33,37). The van der Waals surface area contributed by atoms with Gasteiger partial charge in [0.1, 0.15) is 5.75 Å². The first kappa shape index (κ1) is 30.0. The highest BCUT2D eigenvalue weighted by molar-refractivity contribution is 6.40. The smallest absolute Gasteiger partial charge is 0.497 e. The molecule has 7 nitrogen and oxygen atoms in total. The van der Waals surface area contributed by atoms with Crippen LogP contribution in [0.3, 0.4) is 0 Å². The lowest BCUT2D eigenvalue weighted by molar-refractivity contribution is -0.128. The van der Waals surface area contributed by atoms with Gasteiger partial charge in [0.25, 0.3) is 0 Å². The molecule has 0 spiro atoms. The van der Waals surface area contributed by atoms with Gasteiger partial charge in [0, 0.05) is 50.6 Å². The highest BCUT2D eigenvalue weighted by Gasteiger charge is 2.40. The van der Waals surface area contributed by atoms with Gasteiger partial charge in [0.15, 0.2) is 0 Å². The number of aryl methyl sites for hydroxylation is 2. The Bertz CT molecular complexity index is 1190. The highest BCUT2D eigenvalue weighted by Crippen LogP contribution is 2.43. The molecule has 0 fully saturated rings. The quantitative estimate of drug-likeness (QED) is 0.262. The van der Waals surface area contributed by atoms with Gasteiger partial charge in [-0.2, -0.15) is 0 Å². The molecule has 1 aliphatic heterocycles. The number of benzene rings is 1. The van der Waals surface area contributed by atoms with Gasteiger partial charge in [-0.15, -0.1) is 0 Å². The molecule has 2 aromatic rings. The van der Waals surface area contributed by atoms with Gasteiger partial charge in [-0.3, -0.25) is 18.2 Å². The molecule has 1 aromatic heterocycles. The normalized spacial score (nSPS) is 15.9. The number of methoxy groups -OCH3 is 1. The van der Waals surface area contributed by atoms with Crippen molar-refractivity contribution in [3.8, 4) is 5.75 Å². The molecule has 210 valence electrons. The molecule has 1 unspecified atom stereocenters. The molecule has 1 atom stereocenters. The Morgan fingerprint density at radius 1 is 1.13 bits per heavy atom. The van der Waals surface area contributed by atoms with Gasteiger partial charge in [0.05, 0.1) is 13.2 Å². The average molecular weight is 540 g/mol. The first-order valence-electron chi connectivity index (χ1n) is 13.4. The fourth-order valence-electron chi connectivity index (χ4n) is 4.81. The van der Waals surface area contributed by atoms with Crippen molar-refractivity contribution in [1.29, 1.82) is 0 Å². The monoisotopic (exact) mass is 540 g/mol. The van der Waals surface area contributed by atoms with Gasteiger partial charge in [-0.1, -0.05) is 18.6 Å². The third kappa shape index (κ3) is 8.21. The number of carbonyl (C=O) groups is 2. The maximum atomic E-state index is 14.5. The van der Waals surface area contributed by atoms with E-state index in [0.717, 1.165) is 46.6 Å². The zero-order valence-electron chi connectivity index (χ0n) is 23.5. The van der Waals surface area contributed by atoms with E-state index in [2.05, 4.69) is 10.3 Å². The summed E-state index contributed by atoms with van der Waals surface area (Å²) in [6.07, 6.45) is 6.99. The Kier molecular flexibility index (Phi) is 10.8. The van der Waals surface area contributed by atoms with E-state index in [9.17, 15) is 18.2 Å². The van der Waals surface area contributed by atoms with Crippen molar-refractivity contribution in [2.24, 2.45) is 0 Å². The predicted octanol–water partition coefficient (Wildman–Crippen LogP) is 5.43. The van der Waals surface area contributed by atoms with Crippen LogP contribution >= 0.6 is 0 Å². The number of rotatable bonds is 13. The van der Waals surface area contributed by atoms with Crippen LogP contribution in [0.1, 0.15) is 67.1 Å². The second kappa shape index (κ2) is 14.0. The van der Waals surface area contributed by atoms with E-state index in [-0.39, 0.29) is 18.2 Å². The minimum absolute atomic E-state index is 0.100. The molecule has 39 heavy (non-hydrogen) atoms. The van der Waals surface area contributed by atoms with Crippen molar-refractivity contribution < 1.29 is 23.0 Å². The molecular formula is C29H39BF2N4O3. The lowest BCUT2D eigenvalue weighted by Gasteiger charge is -2.28. The van der Waals surface area contributed by atoms with Crippen molar-refractivity contribution in [2.45, 2.75) is 58.4 Å². The molecule has 3 rings (SSSR count). The topological polar surface area (TPSA) is 77.7 Å². The minimum atomic E-state index is -2.73. The first-order chi connectivity index (χ1) is 18.6. The van der Waals surface area contributed by atoms with Gasteiger partial charge in [-0.05, 0) is 80.2 Å². The number of unbranched alkanes of at least 4 members (excludes halogenated alkanes) is 2. The van der Waals surface area contributed by atoms with Crippen LogP contribution in [0.4, 0.5) is 8.63 Å². The number of allylic oxidation sites excluding steroid dienone is 1. The Morgan fingerprint density at radius 3 is 2.44 bits per heavy atom. The zero-order chi connectivity index (χ0) is 28.5. The Hall–Kier alpha value is -3.56. The molecule has 2 N–H and O–H groups in total. The molecule has 1 aromatic carbocycles. The van der Waals surface area contributed by atoms with Crippen LogP contribution in [0.25, 0.3) is 6.08 Å².